The van der Waals surface area contributed by atoms with Gasteiger partial charge in [-0.1, -0.05) is 44.2 Å². The van der Waals surface area contributed by atoms with Crippen LogP contribution in [0.4, 0.5) is 4.39 Å². The van der Waals surface area contributed by atoms with Crippen molar-refractivity contribution in [3.8, 4) is 11.1 Å². The fraction of sp³-hybridized carbons (Fsp3) is 0.333. The molecule has 2 heteroatoms. The number of halogens is 1. The molecule has 0 atom stereocenters. The highest BCUT2D eigenvalue weighted by molar-refractivity contribution is 5.65. The van der Waals surface area contributed by atoms with Crippen LogP contribution >= 0.6 is 0 Å². The molecule has 1 nitrogen and oxygen atoms in total. The summed E-state index contributed by atoms with van der Waals surface area (Å²) in [5, 5.41) is 3.35. The maximum atomic E-state index is 14.1. The van der Waals surface area contributed by atoms with Gasteiger partial charge in [-0.3, -0.25) is 0 Å². The van der Waals surface area contributed by atoms with Crippen molar-refractivity contribution < 1.29 is 4.39 Å². The fourth-order valence-corrected chi connectivity index (χ4v) is 2.27. The Morgan fingerprint density at radius 2 is 1.85 bits per heavy atom. The molecule has 0 bridgehead atoms. The van der Waals surface area contributed by atoms with Crippen molar-refractivity contribution in [3.05, 3.63) is 59.4 Å². The average molecular weight is 271 g/mol. The highest BCUT2D eigenvalue weighted by Gasteiger charge is 2.07. The lowest BCUT2D eigenvalue weighted by atomic mass is 9.99. The molecule has 2 rings (SSSR count). The summed E-state index contributed by atoms with van der Waals surface area (Å²) in [5.74, 6) is -0.155. The number of benzene rings is 2. The number of nitrogens with one attached hydrogen (secondary N) is 1. The Kier molecular flexibility index (Phi) is 5.31. The zero-order chi connectivity index (χ0) is 14.4. The Bertz CT molecular complexity index is 563. The first-order valence-corrected chi connectivity index (χ1v) is 7.33. The van der Waals surface area contributed by atoms with Gasteiger partial charge in [0.05, 0.1) is 0 Å². The molecule has 0 aromatic heterocycles. The van der Waals surface area contributed by atoms with E-state index in [9.17, 15) is 4.39 Å². The van der Waals surface area contributed by atoms with Crippen molar-refractivity contribution >= 4 is 0 Å². The lowest BCUT2D eigenvalue weighted by molar-refractivity contribution is 0.628. The van der Waals surface area contributed by atoms with E-state index >= 15 is 0 Å². The third kappa shape index (κ3) is 3.67. The van der Waals surface area contributed by atoms with E-state index in [-0.39, 0.29) is 5.82 Å². The van der Waals surface area contributed by atoms with Crippen molar-refractivity contribution in [2.75, 3.05) is 6.54 Å². The van der Waals surface area contributed by atoms with Gasteiger partial charge in [-0.15, -0.1) is 0 Å². The Balaban J connectivity index is 2.27. The van der Waals surface area contributed by atoms with Crippen LogP contribution in [0.3, 0.4) is 0 Å². The van der Waals surface area contributed by atoms with E-state index in [0.29, 0.717) is 5.56 Å². The molecule has 0 unspecified atom stereocenters. The van der Waals surface area contributed by atoms with Crippen LogP contribution in [0.5, 0.6) is 0 Å². The van der Waals surface area contributed by atoms with E-state index in [4.69, 9.17) is 0 Å². The van der Waals surface area contributed by atoms with Crippen LogP contribution < -0.4 is 5.32 Å². The minimum absolute atomic E-state index is 0.155. The molecule has 0 heterocycles. The van der Waals surface area contributed by atoms with Gasteiger partial charge in [0.25, 0.3) is 0 Å². The molecule has 106 valence electrons. The predicted molar refractivity (Wildman–Crippen MR) is 83.2 cm³/mol. The molecular weight excluding hydrogens is 249 g/mol. The molecule has 2 aromatic rings. The van der Waals surface area contributed by atoms with Crippen LogP contribution in [-0.4, -0.2) is 6.54 Å². The first kappa shape index (κ1) is 14.7. The lowest BCUT2D eigenvalue weighted by Gasteiger charge is -2.09. The Labute approximate surface area is 120 Å². The van der Waals surface area contributed by atoms with Gasteiger partial charge in [0.15, 0.2) is 0 Å². The summed E-state index contributed by atoms with van der Waals surface area (Å²) in [6.07, 6.45) is 2.07. The standard InChI is InChI=1S/C18H22FN/c1-3-10-20-13-15-8-9-18(19)17(12-15)16-7-5-6-14(4-2)11-16/h5-9,11-12,20H,3-4,10,13H2,1-2H3. The molecule has 0 fully saturated rings. The van der Waals surface area contributed by atoms with Crippen LogP contribution in [0, 0.1) is 5.82 Å². The van der Waals surface area contributed by atoms with E-state index in [1.54, 1.807) is 6.07 Å². The Morgan fingerprint density at radius 1 is 1.00 bits per heavy atom. The average Bonchev–Trinajstić information content (AvgIpc) is 2.49. The smallest absolute Gasteiger partial charge is 0.131 e. The molecular formula is C18H22FN. The van der Waals surface area contributed by atoms with E-state index in [2.05, 4.69) is 31.3 Å². The minimum Gasteiger partial charge on any atom is -0.313 e. The van der Waals surface area contributed by atoms with Crippen LogP contribution in [0.25, 0.3) is 11.1 Å². The summed E-state index contributed by atoms with van der Waals surface area (Å²) in [5.41, 5.74) is 4.00. The lowest BCUT2D eigenvalue weighted by Crippen LogP contribution is -2.13. The summed E-state index contributed by atoms with van der Waals surface area (Å²) in [7, 11) is 0. The first-order chi connectivity index (χ1) is 9.74. The zero-order valence-corrected chi connectivity index (χ0v) is 12.2. The van der Waals surface area contributed by atoms with Crippen molar-refractivity contribution in [3.63, 3.8) is 0 Å². The second kappa shape index (κ2) is 7.20. The number of hydrogen-bond donors (Lipinski definition) is 1. The second-order valence-electron chi connectivity index (χ2n) is 5.04. The summed E-state index contributed by atoms with van der Waals surface area (Å²) in [6, 6.07) is 13.5. The summed E-state index contributed by atoms with van der Waals surface area (Å²) >= 11 is 0. The van der Waals surface area contributed by atoms with E-state index in [1.807, 2.05) is 24.3 Å². The van der Waals surface area contributed by atoms with Gasteiger partial charge in [0.2, 0.25) is 0 Å². The Hall–Kier alpha value is -1.67. The second-order valence-corrected chi connectivity index (χ2v) is 5.04. The van der Waals surface area contributed by atoms with Crippen LogP contribution in [0.15, 0.2) is 42.5 Å². The minimum atomic E-state index is -0.155. The summed E-state index contributed by atoms with van der Waals surface area (Å²) in [4.78, 5) is 0. The van der Waals surface area contributed by atoms with Crippen LogP contribution in [0.1, 0.15) is 31.4 Å². The normalized spacial score (nSPS) is 10.8. The topological polar surface area (TPSA) is 12.0 Å². The zero-order valence-electron chi connectivity index (χ0n) is 12.2. The third-order valence-electron chi connectivity index (χ3n) is 3.43. The number of rotatable bonds is 6. The quantitative estimate of drug-likeness (QED) is 0.760. The maximum Gasteiger partial charge on any atom is 0.131 e. The van der Waals surface area contributed by atoms with Gasteiger partial charge in [-0.2, -0.15) is 0 Å². The summed E-state index contributed by atoms with van der Waals surface area (Å²) < 4.78 is 14.1. The highest BCUT2D eigenvalue weighted by atomic mass is 19.1. The van der Waals surface area contributed by atoms with Crippen molar-refractivity contribution in [2.24, 2.45) is 0 Å². The molecule has 2 aromatic carbocycles. The van der Waals surface area contributed by atoms with Gasteiger partial charge in [-0.05, 0) is 48.2 Å². The van der Waals surface area contributed by atoms with E-state index in [0.717, 1.165) is 37.1 Å². The monoisotopic (exact) mass is 271 g/mol. The van der Waals surface area contributed by atoms with Gasteiger partial charge in [-0.25, -0.2) is 4.39 Å². The van der Waals surface area contributed by atoms with Gasteiger partial charge in [0.1, 0.15) is 5.82 Å². The van der Waals surface area contributed by atoms with Crippen molar-refractivity contribution in [1.29, 1.82) is 0 Å². The summed E-state index contributed by atoms with van der Waals surface area (Å²) in [6.45, 7) is 6.02. The molecule has 0 saturated heterocycles. The fourth-order valence-electron chi connectivity index (χ4n) is 2.27. The highest BCUT2D eigenvalue weighted by Crippen LogP contribution is 2.25. The molecule has 0 aliphatic rings. The van der Waals surface area contributed by atoms with Gasteiger partial charge >= 0.3 is 0 Å². The van der Waals surface area contributed by atoms with E-state index < -0.39 is 0 Å². The molecule has 0 saturated carbocycles. The van der Waals surface area contributed by atoms with Gasteiger partial charge < -0.3 is 5.32 Å². The maximum absolute atomic E-state index is 14.1. The molecule has 0 radical (unpaired) electrons. The molecule has 0 amide bonds. The largest absolute Gasteiger partial charge is 0.313 e. The van der Waals surface area contributed by atoms with Crippen molar-refractivity contribution in [1.82, 2.24) is 5.32 Å². The van der Waals surface area contributed by atoms with Crippen LogP contribution in [-0.2, 0) is 13.0 Å². The third-order valence-corrected chi connectivity index (χ3v) is 3.43. The SMILES string of the molecule is CCCNCc1ccc(F)c(-c2cccc(CC)c2)c1. The molecule has 20 heavy (non-hydrogen) atoms. The van der Waals surface area contributed by atoms with E-state index in [1.165, 1.54) is 5.56 Å². The number of aryl methyl sites for hydroxylation is 1. The molecule has 1 N–H and O–H groups in total. The molecule has 0 aliphatic heterocycles. The van der Waals surface area contributed by atoms with Gasteiger partial charge in [0, 0.05) is 12.1 Å². The first-order valence-electron chi connectivity index (χ1n) is 7.33. The predicted octanol–water partition coefficient (Wildman–Crippen LogP) is 4.55. The Morgan fingerprint density at radius 3 is 2.60 bits per heavy atom. The van der Waals surface area contributed by atoms with Crippen LogP contribution in [0.2, 0.25) is 0 Å². The number of hydrogen-bond acceptors (Lipinski definition) is 1. The molecule has 0 spiro atoms. The molecule has 0 aliphatic carbocycles. The van der Waals surface area contributed by atoms with Crippen molar-refractivity contribution in [2.45, 2.75) is 33.2 Å².